The van der Waals surface area contributed by atoms with E-state index in [0.717, 1.165) is 24.6 Å². The topological polar surface area (TPSA) is 3.24 Å². The van der Waals surface area contributed by atoms with E-state index in [0.29, 0.717) is 5.92 Å². The number of halogens is 3. The fraction of sp³-hybridized carbons (Fsp3) is 1.00. The molecule has 0 unspecified atom stereocenters. The van der Waals surface area contributed by atoms with E-state index in [9.17, 15) is 13.2 Å². The molecule has 2 atom stereocenters. The molecular weight excluding hydrogens is 235 g/mol. The van der Waals surface area contributed by atoms with Crippen LogP contribution in [0.2, 0.25) is 0 Å². The van der Waals surface area contributed by atoms with E-state index in [1.54, 1.807) is 7.05 Å². The number of hydrogen-bond acceptors (Lipinski definition) is 2. The molecule has 0 aromatic rings. The number of alkyl halides is 3. The van der Waals surface area contributed by atoms with E-state index in [2.05, 4.69) is 13.8 Å². The molecule has 0 bridgehead atoms. The molecule has 0 heterocycles. The molecule has 0 aliphatic carbocycles. The molecule has 0 aliphatic heterocycles. The Morgan fingerprint density at radius 3 is 1.94 bits per heavy atom. The molecule has 0 aromatic carbocycles. The zero-order valence-electron chi connectivity index (χ0n) is 10.6. The Kier molecular flexibility index (Phi) is 6.79. The summed E-state index contributed by atoms with van der Waals surface area (Å²) < 4.78 is 38.0. The Morgan fingerprint density at radius 1 is 1.12 bits per heavy atom. The zero-order chi connectivity index (χ0) is 12.9. The smallest absolute Gasteiger partial charge is 0.284 e. The van der Waals surface area contributed by atoms with Gasteiger partial charge in [-0.05, 0) is 39.0 Å². The second-order valence-electron chi connectivity index (χ2n) is 4.62. The lowest BCUT2D eigenvalue weighted by Gasteiger charge is -2.33. The average molecular weight is 257 g/mol. The van der Waals surface area contributed by atoms with E-state index in [1.807, 2.05) is 6.92 Å². The van der Waals surface area contributed by atoms with Gasteiger partial charge in [-0.3, -0.25) is 4.90 Å². The van der Waals surface area contributed by atoms with Crippen molar-refractivity contribution in [3.8, 4) is 0 Å². The van der Waals surface area contributed by atoms with Crippen LogP contribution in [0.3, 0.4) is 0 Å². The third-order valence-electron chi connectivity index (χ3n) is 2.73. The SMILES string of the molecule is CS[C@H](N(C)[C@@H](C)CCC(C)C)C(F)(F)F. The molecule has 5 heteroatoms. The van der Waals surface area contributed by atoms with Gasteiger partial charge in [0.25, 0.3) is 0 Å². The van der Waals surface area contributed by atoms with Crippen LogP contribution in [0.25, 0.3) is 0 Å². The van der Waals surface area contributed by atoms with Crippen molar-refractivity contribution in [2.45, 2.75) is 51.2 Å². The van der Waals surface area contributed by atoms with Gasteiger partial charge in [-0.25, -0.2) is 0 Å². The van der Waals surface area contributed by atoms with E-state index < -0.39 is 11.6 Å². The van der Waals surface area contributed by atoms with Gasteiger partial charge in [0.05, 0.1) is 0 Å². The first kappa shape index (κ1) is 16.1. The monoisotopic (exact) mass is 257 g/mol. The summed E-state index contributed by atoms with van der Waals surface area (Å²) in [6.45, 7) is 6.03. The van der Waals surface area contributed by atoms with Gasteiger partial charge in [-0.2, -0.15) is 13.2 Å². The van der Waals surface area contributed by atoms with Gasteiger partial charge in [0.2, 0.25) is 0 Å². The van der Waals surface area contributed by atoms with Crippen molar-refractivity contribution >= 4 is 11.8 Å². The predicted molar refractivity (Wildman–Crippen MR) is 64.7 cm³/mol. The number of rotatable bonds is 6. The Bertz CT molecular complexity index is 194. The highest BCUT2D eigenvalue weighted by molar-refractivity contribution is 7.99. The fourth-order valence-corrected chi connectivity index (χ4v) is 2.35. The summed E-state index contributed by atoms with van der Waals surface area (Å²) in [6, 6.07) is -0.0403. The minimum absolute atomic E-state index is 0.0403. The van der Waals surface area contributed by atoms with Crippen molar-refractivity contribution in [3.05, 3.63) is 0 Å². The van der Waals surface area contributed by atoms with Crippen molar-refractivity contribution in [2.75, 3.05) is 13.3 Å². The summed E-state index contributed by atoms with van der Waals surface area (Å²) in [4.78, 5) is 1.42. The van der Waals surface area contributed by atoms with Crippen LogP contribution in [0, 0.1) is 5.92 Å². The lowest BCUT2D eigenvalue weighted by molar-refractivity contribution is -0.159. The maximum Gasteiger partial charge on any atom is 0.413 e. The number of nitrogens with zero attached hydrogens (tertiary/aromatic N) is 1. The second-order valence-corrected chi connectivity index (χ2v) is 5.53. The number of hydrogen-bond donors (Lipinski definition) is 0. The third kappa shape index (κ3) is 5.43. The lowest BCUT2D eigenvalue weighted by Crippen LogP contribution is -2.45. The molecule has 0 N–H and O–H groups in total. The highest BCUT2D eigenvalue weighted by Gasteiger charge is 2.42. The lowest BCUT2D eigenvalue weighted by atomic mass is 10.0. The summed E-state index contributed by atoms with van der Waals surface area (Å²) >= 11 is 0.848. The minimum atomic E-state index is -4.15. The number of thioether (sulfide) groups is 1. The molecule has 98 valence electrons. The molecule has 0 amide bonds. The molecule has 0 saturated carbocycles. The van der Waals surface area contributed by atoms with Crippen LogP contribution in [-0.2, 0) is 0 Å². The van der Waals surface area contributed by atoms with Gasteiger partial charge >= 0.3 is 6.18 Å². The van der Waals surface area contributed by atoms with Crippen LogP contribution >= 0.6 is 11.8 Å². The average Bonchev–Trinajstić information content (AvgIpc) is 2.12. The highest BCUT2D eigenvalue weighted by Crippen LogP contribution is 2.32. The first-order valence-corrected chi connectivity index (χ1v) is 6.80. The van der Waals surface area contributed by atoms with Crippen LogP contribution in [0.4, 0.5) is 13.2 Å². The van der Waals surface area contributed by atoms with Crippen molar-refractivity contribution in [1.82, 2.24) is 4.90 Å². The first-order valence-electron chi connectivity index (χ1n) is 5.51. The molecular formula is C11H22F3NS. The summed E-state index contributed by atoms with van der Waals surface area (Å²) in [5, 5.41) is -1.39. The summed E-state index contributed by atoms with van der Waals surface area (Å²) in [5.74, 6) is 0.537. The van der Waals surface area contributed by atoms with Gasteiger partial charge in [-0.15, -0.1) is 11.8 Å². The quantitative estimate of drug-likeness (QED) is 0.662. The van der Waals surface area contributed by atoms with E-state index in [1.165, 1.54) is 11.2 Å². The largest absolute Gasteiger partial charge is 0.413 e. The van der Waals surface area contributed by atoms with Gasteiger partial charge in [0, 0.05) is 6.04 Å². The van der Waals surface area contributed by atoms with Gasteiger partial charge in [-0.1, -0.05) is 13.8 Å². The normalized spacial score (nSPS) is 16.9. The molecule has 0 fully saturated rings. The zero-order valence-corrected chi connectivity index (χ0v) is 11.5. The summed E-state index contributed by atoms with van der Waals surface area (Å²) in [5.41, 5.74) is 0. The van der Waals surface area contributed by atoms with Crippen molar-refractivity contribution < 1.29 is 13.2 Å². The van der Waals surface area contributed by atoms with Gasteiger partial charge in [0.1, 0.15) is 0 Å². The molecule has 0 radical (unpaired) electrons. The molecule has 1 nitrogen and oxygen atoms in total. The molecule has 0 aliphatic rings. The summed E-state index contributed by atoms with van der Waals surface area (Å²) in [6.07, 6.45) is -0.879. The van der Waals surface area contributed by atoms with Crippen molar-refractivity contribution in [2.24, 2.45) is 5.92 Å². The van der Waals surface area contributed by atoms with Crippen molar-refractivity contribution in [1.29, 1.82) is 0 Å². The fourth-order valence-electron chi connectivity index (χ4n) is 1.54. The molecule has 16 heavy (non-hydrogen) atoms. The molecule has 0 spiro atoms. The van der Waals surface area contributed by atoms with E-state index in [-0.39, 0.29) is 6.04 Å². The van der Waals surface area contributed by atoms with Crippen LogP contribution in [0.15, 0.2) is 0 Å². The Labute approximate surface area is 101 Å². The van der Waals surface area contributed by atoms with Crippen LogP contribution in [0.5, 0.6) is 0 Å². The standard InChI is InChI=1S/C11H22F3NS/c1-8(2)6-7-9(3)15(4)10(16-5)11(12,13)14/h8-10H,6-7H2,1-5H3/t9-,10-/m0/s1. The maximum atomic E-state index is 12.7. The third-order valence-corrected chi connectivity index (χ3v) is 3.78. The van der Waals surface area contributed by atoms with Crippen LogP contribution in [-0.4, -0.2) is 35.8 Å². The minimum Gasteiger partial charge on any atom is -0.284 e. The predicted octanol–water partition coefficient (Wildman–Crippen LogP) is 3.99. The molecule has 0 saturated heterocycles. The molecule has 0 rings (SSSR count). The Morgan fingerprint density at radius 2 is 1.62 bits per heavy atom. The van der Waals surface area contributed by atoms with Crippen LogP contribution < -0.4 is 0 Å². The van der Waals surface area contributed by atoms with E-state index >= 15 is 0 Å². The van der Waals surface area contributed by atoms with Crippen molar-refractivity contribution in [3.63, 3.8) is 0 Å². The first-order chi connectivity index (χ1) is 7.20. The van der Waals surface area contributed by atoms with Gasteiger partial charge < -0.3 is 0 Å². The Hall–Kier alpha value is 0.100. The van der Waals surface area contributed by atoms with Gasteiger partial charge in [0.15, 0.2) is 5.37 Å². The highest BCUT2D eigenvalue weighted by atomic mass is 32.2. The Balaban J connectivity index is 4.33. The maximum absolute atomic E-state index is 12.7. The molecule has 0 aromatic heterocycles. The summed E-state index contributed by atoms with van der Waals surface area (Å²) in [7, 11) is 1.56. The second kappa shape index (κ2) is 6.74. The van der Waals surface area contributed by atoms with Crippen LogP contribution in [0.1, 0.15) is 33.6 Å². The van der Waals surface area contributed by atoms with E-state index in [4.69, 9.17) is 0 Å².